The first kappa shape index (κ1) is 21.0. The van der Waals surface area contributed by atoms with Crippen molar-refractivity contribution in [2.45, 2.75) is 20.8 Å². The lowest BCUT2D eigenvalue weighted by molar-refractivity contribution is -0.359. The molecule has 1 N–H and O–H groups in total. The molecule has 0 saturated heterocycles. The van der Waals surface area contributed by atoms with Crippen LogP contribution in [0.4, 0.5) is 0 Å². The van der Waals surface area contributed by atoms with Gasteiger partial charge in [0.05, 0.1) is 13.7 Å². The summed E-state index contributed by atoms with van der Waals surface area (Å²) >= 11 is 3.41. The van der Waals surface area contributed by atoms with Crippen molar-refractivity contribution in [3.63, 3.8) is 0 Å². The summed E-state index contributed by atoms with van der Waals surface area (Å²) in [6.45, 7) is 5.90. The number of fused-ring (bicyclic) bond motifs is 1. The number of nitrogens with one attached hydrogen (secondary N) is 1. The number of hydrogen-bond donors (Lipinski definition) is 0. The van der Waals surface area contributed by atoms with E-state index in [4.69, 9.17) is 4.74 Å². The summed E-state index contributed by atoms with van der Waals surface area (Å²) in [5, 5.41) is 0.263. The number of carbonyl (C=O) groups is 1. The van der Waals surface area contributed by atoms with Gasteiger partial charge >= 0.3 is 11.7 Å². The average molecular weight is 461 g/mol. The summed E-state index contributed by atoms with van der Waals surface area (Å²) in [4.78, 5) is 41.6. The van der Waals surface area contributed by atoms with Crippen molar-refractivity contribution in [3.05, 3.63) is 60.8 Å². The molecular weight excluding hydrogens is 438 g/mol. The zero-order valence-electron chi connectivity index (χ0n) is 17.0. The van der Waals surface area contributed by atoms with E-state index in [9.17, 15) is 14.4 Å². The number of aromatic nitrogens is 3. The van der Waals surface area contributed by atoms with Gasteiger partial charge < -0.3 is 4.74 Å². The standard InChI is InChI=1S/C21H22BrN3O4/c1-11(2)10-29-20(27)15-12(3)23-18-17(19(26)25(5)21(28)24(18)4)16(15)13-6-8-14(22)9-7-13/h6-9,11H,10H2,1-5H3/p+1. The lowest BCUT2D eigenvalue weighted by Crippen LogP contribution is -2.40. The number of hydrogen-bond acceptors (Lipinski definition) is 4. The molecule has 3 rings (SSSR count). The van der Waals surface area contributed by atoms with E-state index in [1.165, 1.54) is 11.6 Å². The minimum atomic E-state index is -0.511. The van der Waals surface area contributed by atoms with E-state index >= 15 is 0 Å². The van der Waals surface area contributed by atoms with Gasteiger partial charge in [0.25, 0.3) is 11.2 Å². The highest BCUT2D eigenvalue weighted by Crippen LogP contribution is 2.31. The Morgan fingerprint density at radius 2 is 1.76 bits per heavy atom. The number of ether oxygens (including phenoxy) is 1. The second-order valence-electron chi connectivity index (χ2n) is 7.43. The normalized spacial score (nSPS) is 11.3. The number of aromatic amines is 1. The number of rotatable bonds is 4. The maximum absolute atomic E-state index is 13.1. The van der Waals surface area contributed by atoms with Crippen LogP contribution in [0, 0.1) is 12.8 Å². The Balaban J connectivity index is 2.47. The largest absolute Gasteiger partial charge is 0.462 e. The maximum atomic E-state index is 13.1. The summed E-state index contributed by atoms with van der Waals surface area (Å²) < 4.78 is 8.76. The molecule has 2 heterocycles. The molecule has 0 aliphatic carbocycles. The summed E-state index contributed by atoms with van der Waals surface area (Å²) in [6.07, 6.45) is 0. The third kappa shape index (κ3) is 3.76. The van der Waals surface area contributed by atoms with Crippen molar-refractivity contribution in [3.8, 4) is 11.1 Å². The number of pyridine rings is 1. The molecular formula is C21H23BrN3O4+. The quantitative estimate of drug-likeness (QED) is 0.560. The highest BCUT2D eigenvalue weighted by molar-refractivity contribution is 9.10. The minimum Gasteiger partial charge on any atom is -0.462 e. The molecule has 0 bridgehead atoms. The number of aryl methyl sites for hydroxylation is 2. The van der Waals surface area contributed by atoms with Crippen molar-refractivity contribution < 1.29 is 14.5 Å². The monoisotopic (exact) mass is 460 g/mol. The van der Waals surface area contributed by atoms with Crippen molar-refractivity contribution >= 4 is 32.9 Å². The minimum absolute atomic E-state index is 0.175. The molecule has 29 heavy (non-hydrogen) atoms. The lowest BCUT2D eigenvalue weighted by Gasteiger charge is -2.15. The number of H-pyrrole nitrogens is 1. The van der Waals surface area contributed by atoms with Gasteiger partial charge in [-0.1, -0.05) is 41.9 Å². The van der Waals surface area contributed by atoms with Crippen LogP contribution in [-0.4, -0.2) is 21.7 Å². The molecule has 3 aromatic rings. The highest BCUT2D eigenvalue weighted by atomic mass is 79.9. The van der Waals surface area contributed by atoms with Crippen LogP contribution in [0.25, 0.3) is 22.2 Å². The predicted octanol–water partition coefficient (Wildman–Crippen LogP) is 2.60. The average Bonchev–Trinajstić information content (AvgIpc) is 2.68. The second-order valence-corrected chi connectivity index (χ2v) is 8.34. The zero-order valence-corrected chi connectivity index (χ0v) is 18.6. The Labute approximate surface area is 176 Å². The molecule has 0 atom stereocenters. The maximum Gasteiger partial charge on any atom is 0.417 e. The fourth-order valence-corrected chi connectivity index (χ4v) is 3.51. The van der Waals surface area contributed by atoms with Crippen LogP contribution in [0.15, 0.2) is 38.3 Å². The molecule has 8 heteroatoms. The fourth-order valence-electron chi connectivity index (χ4n) is 3.24. The van der Waals surface area contributed by atoms with Crippen LogP contribution >= 0.6 is 15.9 Å². The van der Waals surface area contributed by atoms with Crippen molar-refractivity contribution in [1.29, 1.82) is 0 Å². The SMILES string of the molecule is Cc1[nH+]c2c(c(-c3ccc(Br)cc3)c1C(=O)OCC(C)C)c(=O)n(C)c(=O)n2C. The number of carbonyl (C=O) groups excluding carboxylic acids is 1. The first-order valence-electron chi connectivity index (χ1n) is 9.22. The number of benzene rings is 1. The van der Waals surface area contributed by atoms with E-state index in [-0.39, 0.29) is 23.5 Å². The Bertz CT molecular complexity index is 1220. The number of halogens is 1. The Morgan fingerprint density at radius 3 is 2.34 bits per heavy atom. The van der Waals surface area contributed by atoms with Gasteiger partial charge in [-0.15, -0.1) is 0 Å². The molecule has 2 aromatic heterocycles. The van der Waals surface area contributed by atoms with Gasteiger partial charge in [0.15, 0.2) is 0 Å². The van der Waals surface area contributed by atoms with Crippen LogP contribution in [0.5, 0.6) is 0 Å². The molecule has 152 valence electrons. The Morgan fingerprint density at radius 1 is 1.14 bits per heavy atom. The number of esters is 1. The fraction of sp³-hybridized carbons (Fsp3) is 0.333. The van der Waals surface area contributed by atoms with E-state index in [1.807, 2.05) is 38.1 Å². The summed E-state index contributed by atoms with van der Waals surface area (Å²) in [6, 6.07) is 7.32. The van der Waals surface area contributed by atoms with E-state index in [0.717, 1.165) is 9.04 Å². The molecule has 0 radical (unpaired) electrons. The van der Waals surface area contributed by atoms with Gasteiger partial charge in [0.2, 0.25) is 0 Å². The van der Waals surface area contributed by atoms with Gasteiger partial charge in [-0.05, 0) is 30.5 Å². The van der Waals surface area contributed by atoms with Gasteiger partial charge in [-0.2, -0.15) is 4.57 Å². The summed E-state index contributed by atoms with van der Waals surface area (Å²) in [5.74, 6) is -0.336. The highest BCUT2D eigenvalue weighted by Gasteiger charge is 2.29. The molecule has 0 unspecified atom stereocenters. The molecule has 1 aromatic carbocycles. The van der Waals surface area contributed by atoms with Crippen molar-refractivity contribution in [1.82, 2.24) is 9.13 Å². The molecule has 0 fully saturated rings. The van der Waals surface area contributed by atoms with Gasteiger partial charge in [-0.25, -0.2) is 19.1 Å². The van der Waals surface area contributed by atoms with Gasteiger partial charge in [0.1, 0.15) is 16.6 Å². The first-order valence-corrected chi connectivity index (χ1v) is 10.0. The smallest absolute Gasteiger partial charge is 0.417 e. The van der Waals surface area contributed by atoms with Gasteiger partial charge in [-0.3, -0.25) is 4.79 Å². The molecule has 0 amide bonds. The van der Waals surface area contributed by atoms with Crippen LogP contribution in [0.3, 0.4) is 0 Å². The number of nitrogens with zero attached hydrogens (tertiary/aromatic N) is 2. The first-order chi connectivity index (χ1) is 13.6. The second kappa shape index (κ2) is 7.94. The third-order valence-corrected chi connectivity index (χ3v) is 5.26. The molecule has 0 saturated carbocycles. The van der Waals surface area contributed by atoms with Crippen molar-refractivity contribution in [2.75, 3.05) is 6.61 Å². The van der Waals surface area contributed by atoms with Crippen molar-refractivity contribution in [2.24, 2.45) is 20.0 Å². The van der Waals surface area contributed by atoms with E-state index in [1.54, 1.807) is 14.0 Å². The third-order valence-electron chi connectivity index (χ3n) is 4.73. The Hall–Kier alpha value is -2.74. The topological polar surface area (TPSA) is 84.4 Å². The van der Waals surface area contributed by atoms with E-state index in [2.05, 4.69) is 20.9 Å². The summed E-state index contributed by atoms with van der Waals surface area (Å²) in [5.41, 5.74) is 1.37. The van der Waals surface area contributed by atoms with Crippen LogP contribution in [-0.2, 0) is 18.8 Å². The molecule has 0 aliphatic rings. The molecule has 0 spiro atoms. The summed E-state index contributed by atoms with van der Waals surface area (Å²) in [7, 11) is 3.01. The van der Waals surface area contributed by atoms with Crippen LogP contribution in [0.2, 0.25) is 0 Å². The molecule has 0 aliphatic heterocycles. The Kier molecular flexibility index (Phi) is 5.75. The molecule has 7 nitrogen and oxygen atoms in total. The van der Waals surface area contributed by atoms with E-state index < -0.39 is 17.2 Å². The predicted molar refractivity (Wildman–Crippen MR) is 114 cm³/mol. The zero-order chi connectivity index (χ0) is 21.5. The van der Waals surface area contributed by atoms with Crippen LogP contribution in [0.1, 0.15) is 29.9 Å². The van der Waals surface area contributed by atoms with E-state index in [0.29, 0.717) is 22.5 Å². The van der Waals surface area contributed by atoms with Gasteiger partial charge in [0, 0.05) is 17.1 Å². The lowest BCUT2D eigenvalue weighted by atomic mass is 9.96. The van der Waals surface area contributed by atoms with Crippen LogP contribution < -0.4 is 16.2 Å².